The predicted octanol–water partition coefficient (Wildman–Crippen LogP) is 5.86. The first kappa shape index (κ1) is 24.4. The lowest BCUT2D eigenvalue weighted by Gasteiger charge is -2.28. The number of allylic oxidation sites excluding steroid dienone is 1. The zero-order valence-corrected chi connectivity index (χ0v) is 19.8. The van der Waals surface area contributed by atoms with Gasteiger partial charge in [0.05, 0.1) is 0 Å². The average molecular weight is 473 g/mol. The first-order valence-electron chi connectivity index (χ1n) is 11.3. The lowest BCUT2D eigenvalue weighted by Crippen LogP contribution is -2.28. The highest BCUT2D eigenvalue weighted by Crippen LogP contribution is 2.33. The van der Waals surface area contributed by atoms with Crippen molar-refractivity contribution in [1.29, 1.82) is 0 Å². The van der Waals surface area contributed by atoms with Crippen LogP contribution in [0, 0.1) is 24.2 Å². The highest BCUT2D eigenvalue weighted by atomic mass is 16.5. The van der Waals surface area contributed by atoms with Crippen molar-refractivity contribution in [2.75, 3.05) is 13.7 Å². The van der Waals surface area contributed by atoms with Gasteiger partial charge in [-0.05, 0) is 16.8 Å². The Balaban J connectivity index is 1.66. The standard InChI is InChI=1S/C32H24O4/c1-3-12-24(23-36-31(34)30-28-18-11-10-13-25(28)19-20-29(30)33)21-22-32(35-2,26-14-6-4-7-15-26)27-16-8-5-9-17-27/h1,4-20,33H,23H2,2H3/b24-12+. The van der Waals surface area contributed by atoms with Crippen molar-refractivity contribution in [3.63, 3.8) is 0 Å². The third-order valence-corrected chi connectivity index (χ3v) is 5.79. The molecular formula is C32H24O4. The maximum atomic E-state index is 13.0. The number of rotatable bonds is 6. The molecule has 4 rings (SSSR count). The number of hydrogen-bond donors (Lipinski definition) is 1. The summed E-state index contributed by atoms with van der Waals surface area (Å²) in [5, 5.41) is 11.8. The minimum atomic E-state index is -1.06. The molecule has 0 aliphatic carbocycles. The smallest absolute Gasteiger partial charge is 0.342 e. The maximum Gasteiger partial charge on any atom is 0.342 e. The van der Waals surface area contributed by atoms with Crippen molar-refractivity contribution in [1.82, 2.24) is 0 Å². The summed E-state index contributed by atoms with van der Waals surface area (Å²) in [6.45, 7) is -0.165. The number of carbonyl (C=O) groups is 1. The molecule has 0 aromatic heterocycles. The van der Waals surface area contributed by atoms with E-state index in [-0.39, 0.29) is 17.9 Å². The van der Waals surface area contributed by atoms with Crippen molar-refractivity contribution in [2.45, 2.75) is 5.60 Å². The number of ether oxygens (including phenoxy) is 2. The molecule has 4 aromatic rings. The Labute approximate surface area is 210 Å². The van der Waals surface area contributed by atoms with Crippen LogP contribution in [0.4, 0.5) is 0 Å². The number of benzene rings is 4. The molecule has 0 heterocycles. The van der Waals surface area contributed by atoms with Crippen molar-refractivity contribution in [3.8, 4) is 29.9 Å². The number of hydrogen-bond acceptors (Lipinski definition) is 4. The van der Waals surface area contributed by atoms with Crippen LogP contribution in [0.5, 0.6) is 5.75 Å². The Bertz CT molecular complexity index is 1460. The fourth-order valence-electron chi connectivity index (χ4n) is 4.02. The number of phenols is 1. The van der Waals surface area contributed by atoms with E-state index in [0.717, 1.165) is 16.5 Å². The van der Waals surface area contributed by atoms with Crippen molar-refractivity contribution >= 4 is 16.7 Å². The molecule has 0 saturated carbocycles. The quantitative estimate of drug-likeness (QED) is 0.282. The van der Waals surface area contributed by atoms with Gasteiger partial charge in [-0.2, -0.15) is 0 Å². The minimum Gasteiger partial charge on any atom is -0.507 e. The molecule has 0 unspecified atom stereocenters. The fraction of sp³-hybridized carbons (Fsp3) is 0.0938. The molecular weight excluding hydrogens is 448 g/mol. The molecule has 1 N–H and O–H groups in total. The molecule has 0 radical (unpaired) electrons. The monoisotopic (exact) mass is 472 g/mol. The van der Waals surface area contributed by atoms with Crippen molar-refractivity contribution < 1.29 is 19.4 Å². The summed E-state index contributed by atoms with van der Waals surface area (Å²) in [5.74, 6) is 7.94. The molecule has 0 fully saturated rings. The molecule has 4 aromatic carbocycles. The Morgan fingerprint density at radius 1 is 0.917 bits per heavy atom. The van der Waals surface area contributed by atoms with Gasteiger partial charge in [0, 0.05) is 29.9 Å². The van der Waals surface area contributed by atoms with E-state index in [2.05, 4.69) is 17.8 Å². The third kappa shape index (κ3) is 5.00. The molecule has 176 valence electrons. The summed E-state index contributed by atoms with van der Waals surface area (Å²) < 4.78 is 11.5. The van der Waals surface area contributed by atoms with E-state index < -0.39 is 11.6 Å². The Hall–Kier alpha value is -4.77. The number of methoxy groups -OCH3 is 1. The number of terminal acetylenes is 1. The normalized spacial score (nSPS) is 11.3. The van der Waals surface area contributed by atoms with E-state index in [1.165, 1.54) is 12.1 Å². The molecule has 0 aliphatic heterocycles. The SMILES string of the molecule is C#C/C=C(\C#CC(OC)(c1ccccc1)c1ccccc1)COC(=O)c1c(O)ccc2ccccc12. The first-order chi connectivity index (χ1) is 17.6. The van der Waals surface area contributed by atoms with Crippen LogP contribution in [0.25, 0.3) is 10.8 Å². The van der Waals surface area contributed by atoms with Crippen LogP contribution in [0.15, 0.2) is 109 Å². The van der Waals surface area contributed by atoms with Crippen LogP contribution in [0.3, 0.4) is 0 Å². The van der Waals surface area contributed by atoms with Gasteiger partial charge in [-0.15, -0.1) is 6.42 Å². The topological polar surface area (TPSA) is 55.8 Å². The molecule has 0 atom stereocenters. The summed E-state index contributed by atoms with van der Waals surface area (Å²) in [6.07, 6.45) is 6.99. The van der Waals surface area contributed by atoms with E-state index in [4.69, 9.17) is 15.9 Å². The lowest BCUT2D eigenvalue weighted by molar-refractivity contribution is 0.0542. The molecule has 4 nitrogen and oxygen atoms in total. The van der Waals surface area contributed by atoms with E-state index >= 15 is 0 Å². The summed E-state index contributed by atoms with van der Waals surface area (Å²) in [6, 6.07) is 29.8. The number of fused-ring (bicyclic) bond motifs is 1. The highest BCUT2D eigenvalue weighted by molar-refractivity contribution is 6.07. The summed E-state index contributed by atoms with van der Waals surface area (Å²) >= 11 is 0. The maximum absolute atomic E-state index is 13.0. The number of carbonyl (C=O) groups excluding carboxylic acids is 1. The van der Waals surface area contributed by atoms with Gasteiger partial charge in [-0.1, -0.05) is 109 Å². The summed E-state index contributed by atoms with van der Waals surface area (Å²) in [4.78, 5) is 13.0. The van der Waals surface area contributed by atoms with Gasteiger partial charge in [0.1, 0.15) is 17.9 Å². The van der Waals surface area contributed by atoms with E-state index in [9.17, 15) is 9.90 Å². The van der Waals surface area contributed by atoms with Crippen LogP contribution in [0.2, 0.25) is 0 Å². The second-order valence-corrected chi connectivity index (χ2v) is 7.96. The number of phenolic OH excluding ortho intramolecular Hbond substituents is 1. The van der Waals surface area contributed by atoms with Crippen LogP contribution >= 0.6 is 0 Å². The molecule has 4 heteroatoms. The Morgan fingerprint density at radius 3 is 2.14 bits per heavy atom. The lowest BCUT2D eigenvalue weighted by atomic mass is 9.86. The second kappa shape index (κ2) is 11.1. The fourth-order valence-corrected chi connectivity index (χ4v) is 4.02. The third-order valence-electron chi connectivity index (χ3n) is 5.79. The van der Waals surface area contributed by atoms with Gasteiger partial charge in [0.2, 0.25) is 0 Å². The highest BCUT2D eigenvalue weighted by Gasteiger charge is 2.32. The largest absolute Gasteiger partial charge is 0.507 e. The summed E-state index contributed by atoms with van der Waals surface area (Å²) in [7, 11) is 1.60. The van der Waals surface area contributed by atoms with Crippen LogP contribution < -0.4 is 0 Å². The Kier molecular flexibility index (Phi) is 7.51. The van der Waals surface area contributed by atoms with Gasteiger partial charge in [-0.25, -0.2) is 4.79 Å². The number of esters is 1. The molecule has 0 amide bonds. The van der Waals surface area contributed by atoms with Gasteiger partial charge in [-0.3, -0.25) is 0 Å². The number of aromatic hydroxyl groups is 1. The molecule has 0 spiro atoms. The van der Waals surface area contributed by atoms with Gasteiger partial charge in [0.15, 0.2) is 5.60 Å². The minimum absolute atomic E-state index is 0.0981. The Morgan fingerprint density at radius 2 is 1.53 bits per heavy atom. The van der Waals surface area contributed by atoms with Gasteiger partial charge >= 0.3 is 5.97 Å². The van der Waals surface area contributed by atoms with Crippen LogP contribution in [-0.4, -0.2) is 24.8 Å². The molecule has 36 heavy (non-hydrogen) atoms. The summed E-state index contributed by atoms with van der Waals surface area (Å²) in [5.41, 5.74) is 1.15. The second-order valence-electron chi connectivity index (χ2n) is 7.96. The zero-order chi connectivity index (χ0) is 25.4. The first-order valence-corrected chi connectivity index (χ1v) is 11.3. The van der Waals surface area contributed by atoms with Crippen LogP contribution in [-0.2, 0) is 15.1 Å². The van der Waals surface area contributed by atoms with Crippen LogP contribution in [0.1, 0.15) is 21.5 Å². The average Bonchev–Trinajstić information content (AvgIpc) is 2.93. The van der Waals surface area contributed by atoms with Gasteiger partial charge in [0.25, 0.3) is 0 Å². The zero-order valence-electron chi connectivity index (χ0n) is 19.8. The molecule has 0 saturated heterocycles. The molecule has 0 bridgehead atoms. The predicted molar refractivity (Wildman–Crippen MR) is 141 cm³/mol. The van der Waals surface area contributed by atoms with Crippen molar-refractivity contribution in [2.24, 2.45) is 0 Å². The molecule has 0 aliphatic rings. The van der Waals surface area contributed by atoms with Crippen molar-refractivity contribution in [3.05, 3.63) is 125 Å². The van der Waals surface area contributed by atoms with E-state index in [1.54, 1.807) is 25.3 Å². The van der Waals surface area contributed by atoms with Gasteiger partial charge < -0.3 is 14.6 Å². The van der Waals surface area contributed by atoms with E-state index in [1.807, 2.05) is 72.8 Å². The van der Waals surface area contributed by atoms with E-state index in [0.29, 0.717) is 11.0 Å².